The Bertz CT molecular complexity index is 1130. The number of nitrogens with two attached hydrogens (primary N) is 1. The molecule has 4 rings (SSSR count). The van der Waals surface area contributed by atoms with Crippen molar-refractivity contribution < 1.29 is 9.59 Å². The van der Waals surface area contributed by atoms with Gasteiger partial charge in [-0.3, -0.25) is 14.7 Å². The average Bonchev–Trinajstić information content (AvgIpc) is 3.17. The molecule has 1 aliphatic heterocycles. The molecule has 0 spiro atoms. The largest absolute Gasteiger partial charge is 0.366 e. The maximum absolute atomic E-state index is 11.9. The molecule has 0 aliphatic carbocycles. The van der Waals surface area contributed by atoms with Crippen molar-refractivity contribution in [2.24, 2.45) is 5.73 Å². The van der Waals surface area contributed by atoms with Gasteiger partial charge in [-0.1, -0.05) is 6.07 Å². The highest BCUT2D eigenvalue weighted by atomic mass is 16.2. The molecule has 3 heterocycles. The van der Waals surface area contributed by atoms with Crippen LogP contribution in [0.1, 0.15) is 21.5 Å². The zero-order valence-corrected chi connectivity index (χ0v) is 16.8. The van der Waals surface area contributed by atoms with Gasteiger partial charge in [0.25, 0.3) is 0 Å². The van der Waals surface area contributed by atoms with Gasteiger partial charge in [-0.05, 0) is 54.8 Å². The minimum absolute atomic E-state index is 0.121. The van der Waals surface area contributed by atoms with Crippen LogP contribution in [0.15, 0.2) is 48.9 Å². The Hall–Kier alpha value is -3.94. The Kier molecular flexibility index (Phi) is 5.05. The van der Waals surface area contributed by atoms with Gasteiger partial charge in [-0.2, -0.15) is 0 Å². The van der Waals surface area contributed by atoms with Gasteiger partial charge in [-0.15, -0.1) is 0 Å². The van der Waals surface area contributed by atoms with Crippen LogP contribution in [-0.4, -0.2) is 35.0 Å². The molecule has 1 aromatic carbocycles. The van der Waals surface area contributed by atoms with Crippen LogP contribution in [0.4, 0.5) is 22.0 Å². The van der Waals surface area contributed by atoms with E-state index in [0.29, 0.717) is 24.5 Å². The molecular formula is C22H22N6O2. The van der Waals surface area contributed by atoms with Crippen molar-refractivity contribution in [3.8, 4) is 11.1 Å². The molecule has 30 heavy (non-hydrogen) atoms. The molecule has 3 aromatic rings. The molecule has 152 valence electrons. The van der Waals surface area contributed by atoms with E-state index in [1.807, 2.05) is 38.1 Å². The van der Waals surface area contributed by atoms with Gasteiger partial charge < -0.3 is 16.4 Å². The second kappa shape index (κ2) is 7.82. The summed E-state index contributed by atoms with van der Waals surface area (Å²) in [4.78, 5) is 33.8. The van der Waals surface area contributed by atoms with Crippen LogP contribution in [0.5, 0.6) is 0 Å². The van der Waals surface area contributed by atoms with Crippen molar-refractivity contribution in [1.82, 2.24) is 15.3 Å². The summed E-state index contributed by atoms with van der Waals surface area (Å²) in [5.41, 5.74) is 11.2. The van der Waals surface area contributed by atoms with Crippen molar-refractivity contribution in [1.29, 1.82) is 0 Å². The average molecular weight is 402 g/mol. The summed E-state index contributed by atoms with van der Waals surface area (Å²) >= 11 is 0. The normalized spacial score (nSPS) is 13.3. The van der Waals surface area contributed by atoms with E-state index >= 15 is 0 Å². The van der Waals surface area contributed by atoms with E-state index < -0.39 is 5.91 Å². The number of carbonyl (C=O) groups excluding carboxylic acids is 2. The number of amides is 3. The summed E-state index contributed by atoms with van der Waals surface area (Å²) in [5, 5.41) is 6.00. The van der Waals surface area contributed by atoms with Crippen molar-refractivity contribution in [3.63, 3.8) is 0 Å². The number of nitrogens with zero attached hydrogens (tertiary/aromatic N) is 3. The number of nitrogens with one attached hydrogen (secondary N) is 2. The molecule has 1 aliphatic rings. The summed E-state index contributed by atoms with van der Waals surface area (Å²) in [6, 6.07) is 9.22. The van der Waals surface area contributed by atoms with Crippen molar-refractivity contribution >= 4 is 29.1 Å². The zero-order chi connectivity index (χ0) is 21.3. The lowest BCUT2D eigenvalue weighted by atomic mass is 9.94. The van der Waals surface area contributed by atoms with Gasteiger partial charge in [0.1, 0.15) is 5.82 Å². The number of hydrogen-bond donors (Lipinski definition) is 3. The van der Waals surface area contributed by atoms with E-state index in [0.717, 1.165) is 33.6 Å². The van der Waals surface area contributed by atoms with E-state index in [2.05, 4.69) is 20.6 Å². The monoisotopic (exact) mass is 402 g/mol. The van der Waals surface area contributed by atoms with Crippen LogP contribution in [0.2, 0.25) is 0 Å². The third-order valence-corrected chi connectivity index (χ3v) is 5.29. The highest BCUT2D eigenvalue weighted by Crippen LogP contribution is 2.28. The Morgan fingerprint density at radius 2 is 1.97 bits per heavy atom. The summed E-state index contributed by atoms with van der Waals surface area (Å²) in [7, 11) is 0. The van der Waals surface area contributed by atoms with E-state index in [1.54, 1.807) is 29.6 Å². The van der Waals surface area contributed by atoms with Crippen LogP contribution in [0, 0.1) is 13.8 Å². The van der Waals surface area contributed by atoms with Gasteiger partial charge in [-0.25, -0.2) is 9.78 Å². The van der Waals surface area contributed by atoms with Gasteiger partial charge in [0, 0.05) is 30.4 Å². The predicted molar refractivity (Wildman–Crippen MR) is 116 cm³/mol. The highest BCUT2D eigenvalue weighted by molar-refractivity contribution is 5.96. The summed E-state index contributed by atoms with van der Waals surface area (Å²) in [6.45, 7) is 5.10. The lowest BCUT2D eigenvalue weighted by molar-refractivity contribution is 0.0999. The first kappa shape index (κ1) is 19.4. The van der Waals surface area contributed by atoms with Crippen molar-refractivity contribution in [2.45, 2.75) is 13.8 Å². The second-order valence-corrected chi connectivity index (χ2v) is 7.15. The third kappa shape index (κ3) is 3.67. The molecule has 0 unspecified atom stereocenters. The lowest BCUT2D eigenvalue weighted by Gasteiger charge is -2.15. The first-order valence-corrected chi connectivity index (χ1v) is 9.58. The first-order valence-electron chi connectivity index (χ1n) is 9.58. The second-order valence-electron chi connectivity index (χ2n) is 7.15. The Morgan fingerprint density at radius 3 is 2.63 bits per heavy atom. The smallest absolute Gasteiger partial charge is 0.322 e. The van der Waals surface area contributed by atoms with Gasteiger partial charge in [0.15, 0.2) is 0 Å². The number of benzene rings is 1. The fraction of sp³-hybridized carbons (Fsp3) is 0.182. The lowest BCUT2D eigenvalue weighted by Crippen LogP contribution is -2.27. The quantitative estimate of drug-likeness (QED) is 0.607. The molecule has 0 bridgehead atoms. The first-order chi connectivity index (χ1) is 14.4. The van der Waals surface area contributed by atoms with Gasteiger partial charge in [0.05, 0.1) is 23.8 Å². The minimum Gasteiger partial charge on any atom is -0.366 e. The van der Waals surface area contributed by atoms with Crippen LogP contribution in [0.25, 0.3) is 11.1 Å². The molecule has 8 nitrogen and oxygen atoms in total. The summed E-state index contributed by atoms with van der Waals surface area (Å²) in [6.07, 6.45) is 5.12. The number of primary amides is 1. The van der Waals surface area contributed by atoms with E-state index in [9.17, 15) is 9.59 Å². The third-order valence-electron chi connectivity index (χ3n) is 5.29. The maximum atomic E-state index is 11.9. The molecule has 0 atom stereocenters. The SMILES string of the molecule is Cc1c(C(N)=O)ccc(-c2ccc(Nc3cncc(N4CCNC4=O)c3)nc2)c1C. The van der Waals surface area contributed by atoms with Gasteiger partial charge >= 0.3 is 6.03 Å². The standard InChI is InChI=1S/C22H22N6O2/c1-13-14(2)19(21(23)29)5-4-18(13)15-3-6-20(26-10-15)27-16-9-17(12-24-11-16)28-8-7-25-22(28)30/h3-6,9-12H,7-8H2,1-2H3,(H2,23,29)(H,25,30)(H,26,27). The minimum atomic E-state index is -0.429. The number of carbonyl (C=O) groups is 2. The summed E-state index contributed by atoms with van der Waals surface area (Å²) in [5.74, 6) is 0.230. The van der Waals surface area contributed by atoms with E-state index in [4.69, 9.17) is 5.73 Å². The van der Waals surface area contributed by atoms with Crippen LogP contribution in [0.3, 0.4) is 0 Å². The number of aromatic nitrogens is 2. The van der Waals surface area contributed by atoms with Crippen LogP contribution < -0.4 is 21.3 Å². The fourth-order valence-corrected chi connectivity index (χ4v) is 3.54. The molecule has 0 saturated carbocycles. The van der Waals surface area contributed by atoms with Crippen LogP contribution >= 0.6 is 0 Å². The zero-order valence-electron chi connectivity index (χ0n) is 16.8. The molecule has 1 saturated heterocycles. The molecule has 0 radical (unpaired) electrons. The van der Waals surface area contributed by atoms with Gasteiger partial charge in [0.2, 0.25) is 5.91 Å². The molecule has 1 fully saturated rings. The van der Waals surface area contributed by atoms with E-state index in [1.165, 1.54) is 0 Å². The number of hydrogen-bond acceptors (Lipinski definition) is 5. The topological polar surface area (TPSA) is 113 Å². The molecule has 2 aromatic heterocycles. The molecule has 8 heteroatoms. The van der Waals surface area contributed by atoms with Crippen LogP contribution in [-0.2, 0) is 0 Å². The Labute approximate surface area is 174 Å². The number of urea groups is 1. The van der Waals surface area contributed by atoms with E-state index in [-0.39, 0.29) is 6.03 Å². The predicted octanol–water partition coefficient (Wildman–Crippen LogP) is 3.13. The number of rotatable bonds is 5. The fourth-order valence-electron chi connectivity index (χ4n) is 3.54. The maximum Gasteiger partial charge on any atom is 0.322 e. The Morgan fingerprint density at radius 1 is 1.13 bits per heavy atom. The summed E-state index contributed by atoms with van der Waals surface area (Å²) < 4.78 is 0. The number of pyridine rings is 2. The molecule has 3 amide bonds. The van der Waals surface area contributed by atoms with Crippen molar-refractivity contribution in [3.05, 3.63) is 65.6 Å². The molecule has 4 N–H and O–H groups in total. The Balaban J connectivity index is 1.54. The number of anilines is 3. The molecular weight excluding hydrogens is 380 g/mol. The highest BCUT2D eigenvalue weighted by Gasteiger charge is 2.21. The van der Waals surface area contributed by atoms with Crippen molar-refractivity contribution in [2.75, 3.05) is 23.3 Å².